The molecule has 0 heterocycles. The van der Waals surface area contributed by atoms with Crippen molar-refractivity contribution >= 4 is 5.97 Å². The first-order chi connectivity index (χ1) is 12.6. The van der Waals surface area contributed by atoms with E-state index in [2.05, 4.69) is 13.8 Å². The van der Waals surface area contributed by atoms with Crippen LogP contribution in [0.25, 0.3) is 0 Å². The lowest BCUT2D eigenvalue weighted by atomic mass is 10.0. The molecule has 0 saturated carbocycles. The van der Waals surface area contributed by atoms with E-state index in [1.165, 1.54) is 64.2 Å². The zero-order valence-electron chi connectivity index (χ0n) is 16.8. The molecule has 0 aliphatic carbocycles. The highest BCUT2D eigenvalue weighted by atomic mass is 16.5. The van der Waals surface area contributed by atoms with Crippen molar-refractivity contribution < 1.29 is 14.6 Å². The zero-order chi connectivity index (χ0) is 19.0. The normalized spacial score (nSPS) is 11.0. The van der Waals surface area contributed by atoms with Crippen LogP contribution in [-0.4, -0.2) is 17.7 Å². The SMILES string of the molecule is CC(C)CCCCCCCCCCCCCOc1ccccc1C(=O)O. The Morgan fingerprint density at radius 2 is 1.35 bits per heavy atom. The van der Waals surface area contributed by atoms with Gasteiger partial charge in [-0.15, -0.1) is 0 Å². The lowest BCUT2D eigenvalue weighted by Crippen LogP contribution is -2.04. The van der Waals surface area contributed by atoms with Crippen molar-refractivity contribution in [3.8, 4) is 5.75 Å². The van der Waals surface area contributed by atoms with Crippen LogP contribution < -0.4 is 4.74 Å². The predicted molar refractivity (Wildman–Crippen MR) is 109 cm³/mol. The van der Waals surface area contributed by atoms with Crippen molar-refractivity contribution in [2.45, 2.75) is 90.9 Å². The summed E-state index contributed by atoms with van der Waals surface area (Å²) in [6, 6.07) is 6.85. The van der Waals surface area contributed by atoms with Crippen LogP contribution in [0.4, 0.5) is 0 Å². The summed E-state index contributed by atoms with van der Waals surface area (Å²) in [5.41, 5.74) is 0.247. The van der Waals surface area contributed by atoms with Gasteiger partial charge in [0.1, 0.15) is 11.3 Å². The maximum Gasteiger partial charge on any atom is 0.339 e. The molecule has 3 heteroatoms. The molecule has 1 aromatic rings. The summed E-state index contributed by atoms with van der Waals surface area (Å²) in [4.78, 5) is 11.1. The first-order valence-corrected chi connectivity index (χ1v) is 10.6. The lowest BCUT2D eigenvalue weighted by molar-refractivity contribution is 0.0692. The summed E-state index contributed by atoms with van der Waals surface area (Å²) in [5.74, 6) is 0.404. The Morgan fingerprint density at radius 3 is 1.88 bits per heavy atom. The van der Waals surface area contributed by atoms with Crippen molar-refractivity contribution in [2.24, 2.45) is 5.92 Å². The number of ether oxygens (including phenoxy) is 1. The van der Waals surface area contributed by atoms with Gasteiger partial charge in [-0.1, -0.05) is 96.6 Å². The van der Waals surface area contributed by atoms with Crippen molar-refractivity contribution in [1.82, 2.24) is 0 Å². The Labute approximate surface area is 160 Å². The quantitative estimate of drug-likeness (QED) is 0.319. The first kappa shape index (κ1) is 22.5. The van der Waals surface area contributed by atoms with Crippen molar-refractivity contribution in [3.63, 3.8) is 0 Å². The number of aromatic carboxylic acids is 1. The topological polar surface area (TPSA) is 46.5 Å². The van der Waals surface area contributed by atoms with Crippen molar-refractivity contribution in [2.75, 3.05) is 6.61 Å². The van der Waals surface area contributed by atoms with E-state index in [9.17, 15) is 4.79 Å². The molecule has 3 nitrogen and oxygen atoms in total. The molecule has 0 aliphatic rings. The highest BCUT2D eigenvalue weighted by Gasteiger charge is 2.09. The molecule has 0 aromatic heterocycles. The number of unbranched alkanes of at least 4 members (excludes halogenated alkanes) is 10. The van der Waals surface area contributed by atoms with E-state index in [0.717, 1.165) is 18.8 Å². The van der Waals surface area contributed by atoms with Gasteiger partial charge in [0.25, 0.3) is 0 Å². The van der Waals surface area contributed by atoms with E-state index in [1.54, 1.807) is 18.2 Å². The average molecular weight is 363 g/mol. The monoisotopic (exact) mass is 362 g/mol. The highest BCUT2D eigenvalue weighted by Crippen LogP contribution is 2.18. The minimum Gasteiger partial charge on any atom is -0.493 e. The van der Waals surface area contributed by atoms with E-state index in [1.807, 2.05) is 6.07 Å². The van der Waals surface area contributed by atoms with Gasteiger partial charge >= 0.3 is 5.97 Å². The fourth-order valence-corrected chi connectivity index (χ4v) is 3.20. The van der Waals surface area contributed by atoms with E-state index < -0.39 is 5.97 Å². The molecule has 0 amide bonds. The minimum atomic E-state index is -0.930. The first-order valence-electron chi connectivity index (χ1n) is 10.6. The molecular formula is C23H38O3. The van der Waals surface area contributed by atoms with Gasteiger partial charge in [-0.3, -0.25) is 0 Å². The molecule has 0 radical (unpaired) electrons. The average Bonchev–Trinajstić information content (AvgIpc) is 2.62. The van der Waals surface area contributed by atoms with E-state index in [4.69, 9.17) is 9.84 Å². The summed E-state index contributed by atoms with van der Waals surface area (Å²) in [6.07, 6.45) is 15.8. The van der Waals surface area contributed by atoms with E-state index in [-0.39, 0.29) is 5.56 Å². The van der Waals surface area contributed by atoms with Crippen LogP contribution in [0.5, 0.6) is 5.75 Å². The third-order valence-electron chi connectivity index (χ3n) is 4.80. The van der Waals surface area contributed by atoms with Gasteiger partial charge in [0.05, 0.1) is 6.61 Å². The molecule has 0 spiro atoms. The molecule has 148 valence electrons. The molecular weight excluding hydrogens is 324 g/mol. The molecule has 1 rings (SSSR count). The standard InChI is InChI=1S/C23H38O3/c1-20(2)16-12-10-8-6-4-3-5-7-9-11-15-19-26-22-18-14-13-17-21(22)23(24)25/h13-14,17-18,20H,3-12,15-16,19H2,1-2H3,(H,24,25). The second-order valence-corrected chi connectivity index (χ2v) is 7.72. The van der Waals surface area contributed by atoms with Crippen LogP contribution >= 0.6 is 0 Å². The largest absolute Gasteiger partial charge is 0.493 e. The third-order valence-corrected chi connectivity index (χ3v) is 4.80. The van der Waals surface area contributed by atoms with E-state index >= 15 is 0 Å². The smallest absolute Gasteiger partial charge is 0.339 e. The van der Waals surface area contributed by atoms with Gasteiger partial charge < -0.3 is 9.84 Å². The number of benzene rings is 1. The molecule has 0 bridgehead atoms. The summed E-state index contributed by atoms with van der Waals surface area (Å²) in [7, 11) is 0. The van der Waals surface area contributed by atoms with Crippen LogP contribution in [0.1, 0.15) is 101 Å². The predicted octanol–water partition coefficient (Wildman–Crippen LogP) is 7.10. The number of para-hydroxylation sites is 1. The molecule has 0 aliphatic heterocycles. The molecule has 0 unspecified atom stereocenters. The second kappa shape index (κ2) is 14.6. The summed E-state index contributed by atoms with van der Waals surface area (Å²) < 4.78 is 5.62. The third kappa shape index (κ3) is 11.2. The maximum atomic E-state index is 11.1. The maximum absolute atomic E-state index is 11.1. The Balaban J connectivity index is 1.89. The van der Waals surface area contributed by atoms with Crippen molar-refractivity contribution in [3.05, 3.63) is 29.8 Å². The van der Waals surface area contributed by atoms with Gasteiger partial charge in [-0.2, -0.15) is 0 Å². The Kier molecular flexibility index (Phi) is 12.7. The van der Waals surface area contributed by atoms with Crippen LogP contribution in [0.3, 0.4) is 0 Å². The van der Waals surface area contributed by atoms with Crippen LogP contribution in [-0.2, 0) is 0 Å². The second-order valence-electron chi connectivity index (χ2n) is 7.72. The fourth-order valence-electron chi connectivity index (χ4n) is 3.20. The molecule has 1 aromatic carbocycles. The zero-order valence-corrected chi connectivity index (χ0v) is 16.8. The van der Waals surface area contributed by atoms with Crippen LogP contribution in [0, 0.1) is 5.92 Å². The number of hydrogen-bond donors (Lipinski definition) is 1. The Bertz CT molecular complexity index is 482. The van der Waals surface area contributed by atoms with Gasteiger partial charge in [-0.05, 0) is 24.5 Å². The summed E-state index contributed by atoms with van der Waals surface area (Å²) >= 11 is 0. The van der Waals surface area contributed by atoms with Gasteiger partial charge in [0.15, 0.2) is 0 Å². The Morgan fingerprint density at radius 1 is 0.846 bits per heavy atom. The Hall–Kier alpha value is -1.51. The molecule has 1 N–H and O–H groups in total. The fraction of sp³-hybridized carbons (Fsp3) is 0.696. The number of carbonyl (C=O) groups is 1. The summed E-state index contributed by atoms with van der Waals surface area (Å²) in [5, 5.41) is 9.11. The van der Waals surface area contributed by atoms with Gasteiger partial charge in [0.2, 0.25) is 0 Å². The summed E-state index contributed by atoms with van der Waals surface area (Å²) in [6.45, 7) is 5.21. The van der Waals surface area contributed by atoms with Crippen LogP contribution in [0.15, 0.2) is 24.3 Å². The number of carboxylic acid groups (broad SMARTS) is 1. The van der Waals surface area contributed by atoms with Gasteiger partial charge in [0, 0.05) is 0 Å². The minimum absolute atomic E-state index is 0.247. The van der Waals surface area contributed by atoms with Crippen LogP contribution in [0.2, 0.25) is 0 Å². The molecule has 26 heavy (non-hydrogen) atoms. The number of hydrogen-bond acceptors (Lipinski definition) is 2. The molecule has 0 saturated heterocycles. The highest BCUT2D eigenvalue weighted by molar-refractivity contribution is 5.90. The van der Waals surface area contributed by atoms with Gasteiger partial charge in [-0.25, -0.2) is 4.79 Å². The van der Waals surface area contributed by atoms with Crippen molar-refractivity contribution in [1.29, 1.82) is 0 Å². The molecule has 0 atom stereocenters. The molecule has 0 fully saturated rings. The number of carboxylic acids is 1. The van der Waals surface area contributed by atoms with E-state index in [0.29, 0.717) is 12.4 Å². The number of rotatable bonds is 16. The lowest BCUT2D eigenvalue weighted by Gasteiger charge is -2.08.